The third-order valence-electron chi connectivity index (χ3n) is 6.39. The van der Waals surface area contributed by atoms with Gasteiger partial charge in [0.1, 0.15) is 17.2 Å². The third-order valence-corrected chi connectivity index (χ3v) is 6.39. The van der Waals surface area contributed by atoms with Crippen molar-refractivity contribution in [2.75, 3.05) is 6.61 Å². The first-order valence-corrected chi connectivity index (χ1v) is 11.6. The van der Waals surface area contributed by atoms with Gasteiger partial charge < -0.3 is 14.2 Å². The molecule has 5 heteroatoms. The van der Waals surface area contributed by atoms with E-state index < -0.39 is 5.97 Å². The van der Waals surface area contributed by atoms with Crippen molar-refractivity contribution in [3.05, 3.63) is 99.9 Å². The van der Waals surface area contributed by atoms with Crippen molar-refractivity contribution >= 4 is 33.9 Å². The summed E-state index contributed by atoms with van der Waals surface area (Å²) in [6.07, 6.45) is 0.926. The molecule has 5 nitrogen and oxygen atoms in total. The Hall–Kier alpha value is -4.38. The summed E-state index contributed by atoms with van der Waals surface area (Å²) in [6.45, 7) is 4.70. The monoisotopic (exact) mass is 462 g/mol. The largest absolute Gasteiger partial charge is 0.494 e. The summed E-state index contributed by atoms with van der Waals surface area (Å²) in [5.41, 5.74) is 3.74. The summed E-state index contributed by atoms with van der Waals surface area (Å²) in [7, 11) is 0. The van der Waals surface area contributed by atoms with E-state index in [1.54, 1.807) is 0 Å². The van der Waals surface area contributed by atoms with Crippen LogP contribution in [-0.2, 0) is 9.59 Å². The Labute approximate surface area is 201 Å². The van der Waals surface area contributed by atoms with E-state index in [1.807, 2.05) is 79.7 Å². The highest BCUT2D eigenvalue weighted by molar-refractivity contribution is 6.23. The zero-order valence-corrected chi connectivity index (χ0v) is 19.4. The van der Waals surface area contributed by atoms with Crippen LogP contribution in [0.4, 0.5) is 0 Å². The van der Waals surface area contributed by atoms with Gasteiger partial charge in [-0.2, -0.15) is 0 Å². The number of esters is 2. The van der Waals surface area contributed by atoms with E-state index in [9.17, 15) is 9.59 Å². The summed E-state index contributed by atoms with van der Waals surface area (Å²) in [4.78, 5) is 25.7. The Kier molecular flexibility index (Phi) is 4.92. The molecule has 35 heavy (non-hydrogen) atoms. The van der Waals surface area contributed by atoms with Crippen LogP contribution >= 0.6 is 0 Å². The summed E-state index contributed by atoms with van der Waals surface area (Å²) in [5.74, 6) is 0.953. The maximum absolute atomic E-state index is 12.9. The second-order valence-electron chi connectivity index (χ2n) is 8.75. The summed E-state index contributed by atoms with van der Waals surface area (Å²) >= 11 is 0. The van der Waals surface area contributed by atoms with E-state index in [-0.39, 0.29) is 5.97 Å². The Morgan fingerprint density at radius 1 is 0.657 bits per heavy atom. The number of hydrogen-bond donors (Lipinski definition) is 0. The molecule has 0 aliphatic carbocycles. The van der Waals surface area contributed by atoms with Crippen LogP contribution in [0.15, 0.2) is 72.8 Å². The van der Waals surface area contributed by atoms with E-state index in [1.165, 1.54) is 0 Å². The molecule has 0 saturated carbocycles. The first-order chi connectivity index (χ1) is 17.0. The Morgan fingerprint density at radius 2 is 1.14 bits per heavy atom. The van der Waals surface area contributed by atoms with Crippen LogP contribution in [0, 0.1) is 6.92 Å². The van der Waals surface area contributed by atoms with Gasteiger partial charge in [0, 0.05) is 21.2 Å². The molecule has 4 aromatic carbocycles. The van der Waals surface area contributed by atoms with Crippen molar-refractivity contribution in [1.82, 2.24) is 0 Å². The van der Waals surface area contributed by atoms with Crippen LogP contribution in [0.1, 0.15) is 30.0 Å². The van der Waals surface area contributed by atoms with E-state index in [4.69, 9.17) is 14.2 Å². The molecule has 0 N–H and O–H groups in total. The fraction of sp³-hybridized carbons (Fsp3) is 0.133. The lowest BCUT2D eigenvalue weighted by atomic mass is 9.99. The molecule has 2 aliphatic heterocycles. The van der Waals surface area contributed by atoms with E-state index in [0.29, 0.717) is 29.3 Å². The van der Waals surface area contributed by atoms with Crippen molar-refractivity contribution in [3.8, 4) is 17.2 Å². The van der Waals surface area contributed by atoms with Crippen molar-refractivity contribution in [1.29, 1.82) is 0 Å². The minimum absolute atomic E-state index is 0.383. The lowest BCUT2D eigenvalue weighted by Gasteiger charge is -2.05. The van der Waals surface area contributed by atoms with Gasteiger partial charge in [0.25, 0.3) is 0 Å². The molecule has 0 atom stereocenters. The molecule has 0 radical (unpaired) electrons. The predicted molar refractivity (Wildman–Crippen MR) is 133 cm³/mol. The number of aryl methyl sites for hydroxylation is 1. The quantitative estimate of drug-likeness (QED) is 0.329. The lowest BCUT2D eigenvalue weighted by Crippen LogP contribution is -2.07. The number of carbonyl (C=O) groups excluding carboxylic acids is 2. The molecule has 2 aliphatic rings. The molecular weight excluding hydrogens is 440 g/mol. The van der Waals surface area contributed by atoms with Crippen LogP contribution in [0.3, 0.4) is 0 Å². The molecule has 0 spiro atoms. The molecule has 4 aromatic rings. The Balaban J connectivity index is 1.51. The fourth-order valence-corrected chi connectivity index (χ4v) is 4.68. The van der Waals surface area contributed by atoms with Crippen molar-refractivity contribution in [2.45, 2.75) is 20.3 Å². The summed E-state index contributed by atoms with van der Waals surface area (Å²) in [5, 5.41) is 2.92. The standard InChI is InChI=1S/C30H22O5/c1-3-16-33-20-10-8-19(9-11-20)26-24-15-13-21-22(28(24)35-30(26)32)12-14-23-25(29(31)34-27(21)23)18-6-4-17(2)5-7-18/h4-15H,3,16H2,1-2H3. The first kappa shape index (κ1) is 21.2. The zero-order valence-electron chi connectivity index (χ0n) is 19.4. The number of ether oxygens (including phenoxy) is 3. The molecule has 0 unspecified atom stereocenters. The van der Waals surface area contributed by atoms with Crippen LogP contribution in [0.2, 0.25) is 0 Å². The number of fused-ring (bicyclic) bond motifs is 5. The second-order valence-corrected chi connectivity index (χ2v) is 8.75. The SMILES string of the molecule is CCCOc1ccc(C2=c3ccc4c5c(ccc4c3OC2=O)=C(c2ccc(C)cc2)C(=O)O5)cc1. The van der Waals surface area contributed by atoms with Gasteiger partial charge in [-0.1, -0.05) is 48.9 Å². The van der Waals surface area contributed by atoms with Gasteiger partial charge in [0.2, 0.25) is 0 Å². The average Bonchev–Trinajstić information content (AvgIpc) is 3.39. The lowest BCUT2D eigenvalue weighted by molar-refractivity contribution is -0.128. The normalized spacial score (nSPS) is 14.1. The molecule has 0 fully saturated rings. The summed E-state index contributed by atoms with van der Waals surface area (Å²) < 4.78 is 17.1. The van der Waals surface area contributed by atoms with Gasteiger partial charge in [-0.05, 0) is 60.9 Å². The van der Waals surface area contributed by atoms with Gasteiger partial charge in [0.05, 0.1) is 17.8 Å². The zero-order chi connectivity index (χ0) is 24.1. The maximum atomic E-state index is 12.9. The number of carbonyl (C=O) groups is 2. The molecule has 0 saturated heterocycles. The van der Waals surface area contributed by atoms with Gasteiger partial charge in [0.15, 0.2) is 0 Å². The fourth-order valence-electron chi connectivity index (χ4n) is 4.68. The van der Waals surface area contributed by atoms with E-state index >= 15 is 0 Å². The Morgan fingerprint density at radius 3 is 1.63 bits per heavy atom. The molecule has 0 aromatic heterocycles. The molecule has 172 valence electrons. The van der Waals surface area contributed by atoms with Crippen LogP contribution < -0.4 is 24.6 Å². The molecule has 0 amide bonds. The molecular formula is C30H22O5. The van der Waals surface area contributed by atoms with Crippen LogP contribution in [0.25, 0.3) is 21.9 Å². The van der Waals surface area contributed by atoms with E-state index in [2.05, 4.69) is 6.92 Å². The first-order valence-electron chi connectivity index (χ1n) is 11.6. The van der Waals surface area contributed by atoms with Crippen LogP contribution in [0.5, 0.6) is 17.2 Å². The van der Waals surface area contributed by atoms with Gasteiger partial charge in [-0.15, -0.1) is 0 Å². The van der Waals surface area contributed by atoms with Gasteiger partial charge >= 0.3 is 11.9 Å². The molecule has 6 rings (SSSR count). The number of benzene rings is 4. The maximum Gasteiger partial charge on any atom is 0.344 e. The minimum Gasteiger partial charge on any atom is -0.494 e. The highest BCUT2D eigenvalue weighted by Crippen LogP contribution is 2.35. The minimum atomic E-state index is -0.404. The topological polar surface area (TPSA) is 61.8 Å². The number of rotatable bonds is 5. The average molecular weight is 463 g/mol. The van der Waals surface area contributed by atoms with Crippen molar-refractivity contribution < 1.29 is 23.8 Å². The second kappa shape index (κ2) is 8.13. The van der Waals surface area contributed by atoms with Crippen molar-refractivity contribution in [3.63, 3.8) is 0 Å². The smallest absolute Gasteiger partial charge is 0.344 e. The Bertz CT molecular complexity index is 1640. The predicted octanol–water partition coefficient (Wildman–Crippen LogP) is 4.17. The van der Waals surface area contributed by atoms with Crippen LogP contribution in [-0.4, -0.2) is 18.5 Å². The van der Waals surface area contributed by atoms with Crippen molar-refractivity contribution in [2.24, 2.45) is 0 Å². The molecule has 2 heterocycles. The molecule has 0 bridgehead atoms. The van der Waals surface area contributed by atoms with Gasteiger partial charge in [-0.25, -0.2) is 9.59 Å². The summed E-state index contributed by atoms with van der Waals surface area (Å²) in [6, 6.07) is 22.8. The highest BCUT2D eigenvalue weighted by Gasteiger charge is 2.30. The van der Waals surface area contributed by atoms with E-state index in [0.717, 1.165) is 50.1 Å². The number of hydrogen-bond acceptors (Lipinski definition) is 5. The third kappa shape index (κ3) is 3.39. The highest BCUT2D eigenvalue weighted by atomic mass is 16.5. The van der Waals surface area contributed by atoms with Gasteiger partial charge in [-0.3, -0.25) is 0 Å².